The molecule has 1 aromatic rings. The summed E-state index contributed by atoms with van der Waals surface area (Å²) in [6.45, 7) is 1.81. The van der Waals surface area contributed by atoms with Crippen LogP contribution in [0.3, 0.4) is 0 Å². The minimum absolute atomic E-state index is 0.00958. The molecule has 0 spiro atoms. The molecular formula is C8H12N2O4. The van der Waals surface area contributed by atoms with Gasteiger partial charge < -0.3 is 15.4 Å². The molecule has 6 heteroatoms. The van der Waals surface area contributed by atoms with Crippen molar-refractivity contribution in [1.82, 2.24) is 5.16 Å². The van der Waals surface area contributed by atoms with Crippen molar-refractivity contribution in [2.24, 2.45) is 5.73 Å². The molecule has 78 valence electrons. The van der Waals surface area contributed by atoms with Crippen LogP contribution >= 0.6 is 0 Å². The van der Waals surface area contributed by atoms with Crippen molar-refractivity contribution in [3.63, 3.8) is 0 Å². The number of H-pyrrole nitrogens is 1. The van der Waals surface area contributed by atoms with Crippen molar-refractivity contribution >= 4 is 5.97 Å². The first-order valence-electron chi connectivity index (χ1n) is 4.23. The van der Waals surface area contributed by atoms with Crippen molar-refractivity contribution in [2.45, 2.75) is 25.8 Å². The van der Waals surface area contributed by atoms with Gasteiger partial charge in [-0.15, -0.1) is 0 Å². The molecule has 1 atom stereocenters. The van der Waals surface area contributed by atoms with Crippen molar-refractivity contribution in [2.75, 3.05) is 0 Å². The first-order chi connectivity index (χ1) is 6.56. The number of carboxylic acid groups (broad SMARTS) is 1. The van der Waals surface area contributed by atoms with E-state index in [0.717, 1.165) is 0 Å². The van der Waals surface area contributed by atoms with E-state index in [1.54, 1.807) is 0 Å². The highest BCUT2D eigenvalue weighted by atomic mass is 16.5. The summed E-state index contributed by atoms with van der Waals surface area (Å²) in [5.74, 6) is -0.667. The molecule has 4 N–H and O–H groups in total. The molecule has 1 aromatic heterocycles. The highest BCUT2D eigenvalue weighted by molar-refractivity contribution is 5.73. The molecule has 0 aliphatic carbocycles. The number of rotatable bonds is 4. The van der Waals surface area contributed by atoms with Gasteiger partial charge in [0.05, 0.1) is 5.56 Å². The molecule has 1 rings (SSSR count). The molecule has 0 aliphatic rings. The Balaban J connectivity index is 2.90. The Hall–Kier alpha value is -1.56. The van der Waals surface area contributed by atoms with Crippen LogP contribution in [0.4, 0.5) is 0 Å². The van der Waals surface area contributed by atoms with Crippen LogP contribution in [-0.4, -0.2) is 22.3 Å². The Kier molecular flexibility index (Phi) is 3.08. The summed E-state index contributed by atoms with van der Waals surface area (Å²) in [7, 11) is 0. The molecule has 0 bridgehead atoms. The molecule has 1 heterocycles. The van der Waals surface area contributed by atoms with Crippen LogP contribution in [0.2, 0.25) is 0 Å². The average Bonchev–Trinajstić information content (AvgIpc) is 2.47. The number of aromatic amines is 1. The lowest BCUT2D eigenvalue weighted by Crippen LogP contribution is -2.34. The van der Waals surface area contributed by atoms with Crippen molar-refractivity contribution in [3.05, 3.63) is 21.7 Å². The number of hydrogen-bond acceptors (Lipinski definition) is 4. The van der Waals surface area contributed by atoms with Gasteiger partial charge in [0.15, 0.2) is 0 Å². The molecule has 14 heavy (non-hydrogen) atoms. The van der Waals surface area contributed by atoms with Crippen LogP contribution in [0.5, 0.6) is 0 Å². The maximum Gasteiger partial charge on any atom is 0.320 e. The molecule has 0 fully saturated rings. The lowest BCUT2D eigenvalue weighted by Gasteiger charge is -2.03. The molecule has 0 amide bonds. The minimum atomic E-state index is -1.13. The Morgan fingerprint density at radius 3 is 2.86 bits per heavy atom. The van der Waals surface area contributed by atoms with Crippen molar-refractivity contribution < 1.29 is 14.4 Å². The number of nitrogens with one attached hydrogen (secondary N) is 1. The fraction of sp³-hybridized carbons (Fsp3) is 0.500. The van der Waals surface area contributed by atoms with Crippen LogP contribution in [0, 0.1) is 0 Å². The number of hydrogen-bond donors (Lipinski definition) is 3. The van der Waals surface area contributed by atoms with Crippen LogP contribution in [-0.2, 0) is 17.6 Å². The maximum atomic E-state index is 11.2. The molecular weight excluding hydrogens is 188 g/mol. The Bertz CT molecular complexity index is 379. The third-order valence-electron chi connectivity index (χ3n) is 1.94. The highest BCUT2D eigenvalue weighted by Gasteiger charge is 2.18. The fourth-order valence-corrected chi connectivity index (χ4v) is 1.16. The summed E-state index contributed by atoms with van der Waals surface area (Å²) >= 11 is 0. The van der Waals surface area contributed by atoms with Gasteiger partial charge in [0.1, 0.15) is 11.8 Å². The number of carbonyl (C=O) groups is 1. The largest absolute Gasteiger partial charge is 0.480 e. The topological polar surface area (TPSA) is 109 Å². The van der Waals surface area contributed by atoms with Gasteiger partial charge in [-0.1, -0.05) is 6.92 Å². The normalized spacial score (nSPS) is 12.7. The summed E-state index contributed by atoms with van der Waals surface area (Å²) in [4.78, 5) is 21.6. The maximum absolute atomic E-state index is 11.2. The van der Waals surface area contributed by atoms with E-state index in [4.69, 9.17) is 15.4 Å². The third kappa shape index (κ3) is 2.02. The summed E-state index contributed by atoms with van der Waals surface area (Å²) in [5.41, 5.74) is 5.22. The molecule has 0 saturated carbocycles. The predicted molar refractivity (Wildman–Crippen MR) is 48.0 cm³/mol. The van der Waals surface area contributed by atoms with E-state index >= 15 is 0 Å². The van der Waals surface area contributed by atoms with Crippen LogP contribution < -0.4 is 11.3 Å². The summed E-state index contributed by atoms with van der Waals surface area (Å²) in [6.07, 6.45) is 0.519. The average molecular weight is 200 g/mol. The zero-order valence-corrected chi connectivity index (χ0v) is 7.74. The second kappa shape index (κ2) is 4.10. The predicted octanol–water partition coefficient (Wildman–Crippen LogP) is -0.515. The van der Waals surface area contributed by atoms with E-state index in [1.807, 2.05) is 6.92 Å². The van der Waals surface area contributed by atoms with Gasteiger partial charge in [-0.25, -0.2) is 0 Å². The van der Waals surface area contributed by atoms with Gasteiger partial charge in [-0.2, -0.15) is 5.16 Å². The Labute approximate surface area is 79.7 Å². The third-order valence-corrected chi connectivity index (χ3v) is 1.94. The van der Waals surface area contributed by atoms with E-state index in [2.05, 4.69) is 5.16 Å². The van der Waals surface area contributed by atoms with E-state index in [0.29, 0.717) is 17.7 Å². The zero-order valence-electron chi connectivity index (χ0n) is 7.74. The van der Waals surface area contributed by atoms with E-state index in [9.17, 15) is 9.59 Å². The lowest BCUT2D eigenvalue weighted by molar-refractivity contribution is -0.138. The molecule has 0 radical (unpaired) electrons. The molecule has 0 unspecified atom stereocenters. The van der Waals surface area contributed by atoms with Gasteiger partial charge >= 0.3 is 5.97 Å². The van der Waals surface area contributed by atoms with Gasteiger partial charge in [-0.05, 0) is 0 Å². The van der Waals surface area contributed by atoms with Crippen LogP contribution in [0.15, 0.2) is 9.32 Å². The lowest BCUT2D eigenvalue weighted by atomic mass is 10.1. The number of aliphatic carboxylic acids is 1. The van der Waals surface area contributed by atoms with Crippen LogP contribution in [0.1, 0.15) is 18.2 Å². The number of nitrogens with two attached hydrogens (primary N) is 1. The molecule has 6 nitrogen and oxygen atoms in total. The van der Waals surface area contributed by atoms with Gasteiger partial charge in [0.25, 0.3) is 5.56 Å². The Morgan fingerprint density at radius 1 is 1.71 bits per heavy atom. The van der Waals surface area contributed by atoms with Gasteiger partial charge in [0.2, 0.25) is 0 Å². The summed E-state index contributed by atoms with van der Waals surface area (Å²) in [5, 5.41) is 10.7. The summed E-state index contributed by atoms with van der Waals surface area (Å²) in [6, 6.07) is -1.07. The van der Waals surface area contributed by atoms with Gasteiger partial charge in [0, 0.05) is 12.8 Å². The number of aromatic nitrogens is 1. The second-order valence-electron chi connectivity index (χ2n) is 2.94. The van der Waals surface area contributed by atoms with E-state index in [-0.39, 0.29) is 6.42 Å². The van der Waals surface area contributed by atoms with E-state index in [1.165, 1.54) is 0 Å². The first-order valence-corrected chi connectivity index (χ1v) is 4.23. The summed E-state index contributed by atoms with van der Waals surface area (Å²) < 4.78 is 4.84. The second-order valence-corrected chi connectivity index (χ2v) is 2.94. The van der Waals surface area contributed by atoms with Gasteiger partial charge in [-0.3, -0.25) is 9.59 Å². The fourth-order valence-electron chi connectivity index (χ4n) is 1.16. The highest BCUT2D eigenvalue weighted by Crippen LogP contribution is 2.06. The monoisotopic (exact) mass is 200 g/mol. The molecule has 0 saturated heterocycles. The van der Waals surface area contributed by atoms with E-state index < -0.39 is 17.6 Å². The number of aryl methyl sites for hydroxylation is 1. The minimum Gasteiger partial charge on any atom is -0.480 e. The number of carboxylic acids is 1. The molecule has 0 aromatic carbocycles. The first kappa shape index (κ1) is 10.5. The Morgan fingerprint density at radius 2 is 2.36 bits per heavy atom. The van der Waals surface area contributed by atoms with Crippen molar-refractivity contribution in [3.8, 4) is 0 Å². The zero-order chi connectivity index (χ0) is 10.7. The standard InChI is InChI=1S/C8H12N2O4/c1-2-6-4(7(11)10-14-6)3-5(9)8(12)13/h5H,2-3,9H2,1H3,(H,10,11)(H,12,13)/t5-/m1/s1. The SMILES string of the molecule is CCc1o[nH]c(=O)c1C[C@@H](N)C(=O)O. The van der Waals surface area contributed by atoms with Crippen molar-refractivity contribution in [1.29, 1.82) is 0 Å². The van der Waals surface area contributed by atoms with Crippen LogP contribution in [0.25, 0.3) is 0 Å². The quantitative estimate of drug-likeness (QED) is 0.606. The molecule has 0 aliphatic heterocycles. The smallest absolute Gasteiger partial charge is 0.320 e.